The molecule has 0 atom stereocenters. The molecule has 0 amide bonds. The molecule has 0 unspecified atom stereocenters. The number of carboxylic acid groups (broad SMARTS) is 1. The third kappa shape index (κ3) is 2.88. The molecule has 1 heterocycles. The van der Waals surface area contributed by atoms with Crippen LogP contribution in [0.3, 0.4) is 0 Å². The molecule has 0 saturated carbocycles. The van der Waals surface area contributed by atoms with Crippen LogP contribution >= 0.6 is 0 Å². The van der Waals surface area contributed by atoms with E-state index >= 15 is 0 Å². The third-order valence-corrected chi connectivity index (χ3v) is 3.22. The molecule has 0 bridgehead atoms. The summed E-state index contributed by atoms with van der Waals surface area (Å²) in [5, 5.41) is 9.60. The Morgan fingerprint density at radius 3 is 2.65 bits per heavy atom. The van der Waals surface area contributed by atoms with Gasteiger partial charge in [0.25, 0.3) is 0 Å². The molecule has 0 aliphatic carbocycles. The fraction of sp³-hybridized carbons (Fsp3) is 0.333. The van der Waals surface area contributed by atoms with Gasteiger partial charge in [-0.2, -0.15) is 0 Å². The SMILES string of the molecule is CN(C)CCCn1cc(C(=O)O)c(=O)c2ccccc21. The number of benzene rings is 1. The van der Waals surface area contributed by atoms with E-state index in [-0.39, 0.29) is 5.56 Å². The van der Waals surface area contributed by atoms with E-state index in [1.165, 1.54) is 6.20 Å². The minimum Gasteiger partial charge on any atom is -0.477 e. The summed E-state index contributed by atoms with van der Waals surface area (Å²) in [4.78, 5) is 25.4. The van der Waals surface area contributed by atoms with Gasteiger partial charge in [-0.25, -0.2) is 4.79 Å². The first-order valence-electron chi connectivity index (χ1n) is 6.51. The lowest BCUT2D eigenvalue weighted by molar-refractivity contribution is 0.0695. The lowest BCUT2D eigenvalue weighted by Gasteiger charge is -2.14. The summed E-state index contributed by atoms with van der Waals surface area (Å²) in [6, 6.07) is 7.12. The predicted molar refractivity (Wildman–Crippen MR) is 78.3 cm³/mol. The Morgan fingerprint density at radius 1 is 1.30 bits per heavy atom. The van der Waals surface area contributed by atoms with Crippen LogP contribution < -0.4 is 5.43 Å². The van der Waals surface area contributed by atoms with Crippen molar-refractivity contribution in [3.05, 3.63) is 46.2 Å². The first-order chi connectivity index (χ1) is 9.50. The highest BCUT2D eigenvalue weighted by Crippen LogP contribution is 2.12. The van der Waals surface area contributed by atoms with Crippen LogP contribution in [-0.2, 0) is 6.54 Å². The number of hydrogen-bond donors (Lipinski definition) is 1. The molecule has 2 rings (SSSR count). The summed E-state index contributed by atoms with van der Waals surface area (Å²) in [5.74, 6) is -1.18. The van der Waals surface area contributed by atoms with Crippen molar-refractivity contribution in [1.29, 1.82) is 0 Å². The highest BCUT2D eigenvalue weighted by Gasteiger charge is 2.13. The second-order valence-electron chi connectivity index (χ2n) is 5.04. The molecule has 20 heavy (non-hydrogen) atoms. The molecule has 0 aliphatic rings. The van der Waals surface area contributed by atoms with Gasteiger partial charge in [-0.1, -0.05) is 12.1 Å². The maximum absolute atomic E-state index is 12.1. The zero-order chi connectivity index (χ0) is 14.7. The van der Waals surface area contributed by atoms with Gasteiger partial charge in [-0.15, -0.1) is 0 Å². The summed E-state index contributed by atoms with van der Waals surface area (Å²) in [6.07, 6.45) is 2.33. The maximum Gasteiger partial charge on any atom is 0.341 e. The molecular formula is C15H18N2O3. The number of aromatic carboxylic acids is 1. The van der Waals surface area contributed by atoms with E-state index in [0.29, 0.717) is 11.9 Å². The Labute approximate surface area is 117 Å². The van der Waals surface area contributed by atoms with Gasteiger partial charge < -0.3 is 14.6 Å². The molecule has 2 aromatic rings. The second-order valence-corrected chi connectivity index (χ2v) is 5.04. The first kappa shape index (κ1) is 14.3. The number of nitrogens with zero attached hydrogens (tertiary/aromatic N) is 2. The third-order valence-electron chi connectivity index (χ3n) is 3.22. The average Bonchev–Trinajstić information content (AvgIpc) is 2.41. The normalized spacial score (nSPS) is 11.2. The Hall–Kier alpha value is -2.14. The van der Waals surface area contributed by atoms with Gasteiger partial charge in [0.1, 0.15) is 5.56 Å². The number of rotatable bonds is 5. The van der Waals surface area contributed by atoms with E-state index in [1.54, 1.807) is 12.1 Å². The molecule has 0 fully saturated rings. The van der Waals surface area contributed by atoms with E-state index in [0.717, 1.165) is 18.5 Å². The van der Waals surface area contributed by atoms with Gasteiger partial charge in [0, 0.05) is 18.1 Å². The largest absolute Gasteiger partial charge is 0.477 e. The molecular weight excluding hydrogens is 256 g/mol. The van der Waals surface area contributed by atoms with Crippen LogP contribution in [0.15, 0.2) is 35.3 Å². The highest BCUT2D eigenvalue weighted by molar-refractivity contribution is 5.92. The Morgan fingerprint density at radius 2 is 2.00 bits per heavy atom. The molecule has 0 radical (unpaired) electrons. The first-order valence-corrected chi connectivity index (χ1v) is 6.51. The van der Waals surface area contributed by atoms with Crippen molar-refractivity contribution in [2.24, 2.45) is 0 Å². The summed E-state index contributed by atoms with van der Waals surface area (Å²) in [7, 11) is 3.98. The molecule has 0 spiro atoms. The Kier molecular flexibility index (Phi) is 4.20. The maximum atomic E-state index is 12.1. The van der Waals surface area contributed by atoms with Gasteiger partial charge in [0.05, 0.1) is 5.52 Å². The zero-order valence-electron chi connectivity index (χ0n) is 11.7. The van der Waals surface area contributed by atoms with Gasteiger partial charge >= 0.3 is 5.97 Å². The van der Waals surface area contributed by atoms with Crippen LogP contribution in [0.5, 0.6) is 0 Å². The van der Waals surface area contributed by atoms with Crippen LogP contribution in [0.1, 0.15) is 16.8 Å². The van der Waals surface area contributed by atoms with Crippen LogP contribution in [0.25, 0.3) is 10.9 Å². The van der Waals surface area contributed by atoms with Gasteiger partial charge in [0.15, 0.2) is 0 Å². The second kappa shape index (κ2) is 5.88. The predicted octanol–water partition coefficient (Wildman–Crippen LogP) is 1.65. The lowest BCUT2D eigenvalue weighted by Crippen LogP contribution is -2.20. The van der Waals surface area contributed by atoms with Gasteiger partial charge in [0.2, 0.25) is 5.43 Å². The molecule has 106 valence electrons. The quantitative estimate of drug-likeness (QED) is 0.900. The monoisotopic (exact) mass is 274 g/mol. The summed E-state index contributed by atoms with van der Waals surface area (Å²) in [6.45, 7) is 1.59. The van der Waals surface area contributed by atoms with Crippen LogP contribution in [0.2, 0.25) is 0 Å². The smallest absolute Gasteiger partial charge is 0.341 e. The zero-order valence-corrected chi connectivity index (χ0v) is 11.7. The van der Waals surface area contributed by atoms with Crippen molar-refractivity contribution in [1.82, 2.24) is 9.47 Å². The number of carbonyl (C=O) groups is 1. The van der Waals surface area contributed by atoms with Crippen LogP contribution in [-0.4, -0.2) is 41.2 Å². The molecule has 0 aliphatic heterocycles. The fourth-order valence-electron chi connectivity index (χ4n) is 2.24. The van der Waals surface area contributed by atoms with E-state index in [2.05, 4.69) is 4.90 Å². The number of pyridine rings is 1. The molecule has 0 saturated heterocycles. The highest BCUT2D eigenvalue weighted by atomic mass is 16.4. The summed E-state index contributed by atoms with van der Waals surface area (Å²) >= 11 is 0. The number of aromatic nitrogens is 1. The molecule has 1 aromatic heterocycles. The molecule has 5 heteroatoms. The number of hydrogen-bond acceptors (Lipinski definition) is 3. The van der Waals surface area contributed by atoms with Crippen LogP contribution in [0, 0.1) is 0 Å². The van der Waals surface area contributed by atoms with E-state index in [1.807, 2.05) is 30.8 Å². The van der Waals surface area contributed by atoms with Gasteiger partial charge in [-0.05, 0) is 39.2 Å². The van der Waals surface area contributed by atoms with Crippen molar-refractivity contribution in [3.63, 3.8) is 0 Å². The number of fused-ring (bicyclic) bond motifs is 1. The minimum absolute atomic E-state index is 0.173. The number of para-hydroxylation sites is 1. The van der Waals surface area contributed by atoms with Crippen molar-refractivity contribution in [3.8, 4) is 0 Å². The Balaban J connectivity index is 2.49. The summed E-state index contributed by atoms with van der Waals surface area (Å²) < 4.78 is 1.85. The lowest BCUT2D eigenvalue weighted by atomic mass is 10.1. The molecule has 1 N–H and O–H groups in total. The Bertz CT molecular complexity index is 689. The number of aryl methyl sites for hydroxylation is 1. The number of carboxylic acids is 1. The average molecular weight is 274 g/mol. The van der Waals surface area contributed by atoms with E-state index in [9.17, 15) is 9.59 Å². The van der Waals surface area contributed by atoms with Crippen molar-refractivity contribution in [2.45, 2.75) is 13.0 Å². The standard InChI is InChI=1S/C15H18N2O3/c1-16(2)8-5-9-17-10-12(15(19)20)14(18)11-6-3-4-7-13(11)17/h3-4,6-7,10H,5,8-9H2,1-2H3,(H,19,20). The fourth-order valence-corrected chi connectivity index (χ4v) is 2.24. The van der Waals surface area contributed by atoms with Gasteiger partial charge in [-0.3, -0.25) is 4.79 Å². The summed E-state index contributed by atoms with van der Waals surface area (Å²) in [5.41, 5.74) is 0.187. The van der Waals surface area contributed by atoms with Crippen molar-refractivity contribution >= 4 is 16.9 Å². The molecule has 5 nitrogen and oxygen atoms in total. The minimum atomic E-state index is -1.18. The van der Waals surface area contributed by atoms with Crippen molar-refractivity contribution in [2.75, 3.05) is 20.6 Å². The van der Waals surface area contributed by atoms with Crippen LogP contribution in [0.4, 0.5) is 0 Å². The van der Waals surface area contributed by atoms with E-state index in [4.69, 9.17) is 5.11 Å². The van der Waals surface area contributed by atoms with E-state index < -0.39 is 11.4 Å². The van der Waals surface area contributed by atoms with Crippen molar-refractivity contribution < 1.29 is 9.90 Å². The molecule has 1 aromatic carbocycles. The topological polar surface area (TPSA) is 62.5 Å².